The minimum absolute atomic E-state index is 0.0396. The Morgan fingerprint density at radius 1 is 1.00 bits per heavy atom. The molecule has 0 bridgehead atoms. The van der Waals surface area contributed by atoms with Crippen LogP contribution in [0.2, 0.25) is 0 Å². The number of hydrogen-bond acceptors (Lipinski definition) is 3. The summed E-state index contributed by atoms with van der Waals surface area (Å²) in [5.74, 6) is -0.906. The van der Waals surface area contributed by atoms with E-state index in [4.69, 9.17) is 9.15 Å². The van der Waals surface area contributed by atoms with Crippen LogP contribution >= 0.6 is 0 Å². The number of carbonyl (C=O) groups is 1. The molecule has 1 amide bonds. The van der Waals surface area contributed by atoms with E-state index in [2.05, 4.69) is 5.32 Å². The van der Waals surface area contributed by atoms with Crippen LogP contribution in [-0.2, 0) is 6.54 Å². The maximum Gasteiger partial charge on any atom is 0.290 e. The predicted octanol–water partition coefficient (Wildman–Crippen LogP) is 4.28. The molecule has 24 heavy (non-hydrogen) atoms. The van der Waals surface area contributed by atoms with Crippen LogP contribution in [0.1, 0.15) is 16.1 Å². The zero-order valence-electron chi connectivity index (χ0n) is 12.5. The number of benzene rings is 2. The Kier molecular flexibility index (Phi) is 4.56. The fourth-order valence-corrected chi connectivity index (χ4v) is 2.06. The lowest BCUT2D eigenvalue weighted by atomic mass is 10.2. The number of ether oxygens (including phenoxy) is 1. The minimum Gasteiger partial charge on any atom is -0.426 e. The maximum atomic E-state index is 13.1. The first-order valence-electron chi connectivity index (χ1n) is 7.16. The van der Waals surface area contributed by atoms with Gasteiger partial charge in [-0.15, -0.1) is 0 Å². The monoisotopic (exact) mass is 329 g/mol. The second-order valence-electron chi connectivity index (χ2n) is 4.99. The van der Waals surface area contributed by atoms with Crippen molar-refractivity contribution < 1.29 is 22.7 Å². The van der Waals surface area contributed by atoms with Crippen molar-refractivity contribution in [3.8, 4) is 11.7 Å². The highest BCUT2D eigenvalue weighted by atomic mass is 19.1. The predicted molar refractivity (Wildman–Crippen MR) is 82.8 cm³/mol. The molecule has 1 heterocycles. The number of rotatable bonds is 5. The molecule has 0 unspecified atom stereocenters. The Morgan fingerprint density at radius 3 is 2.50 bits per heavy atom. The molecule has 0 aliphatic heterocycles. The minimum atomic E-state index is -0.464. The smallest absolute Gasteiger partial charge is 0.290 e. The quantitative estimate of drug-likeness (QED) is 0.760. The second-order valence-corrected chi connectivity index (χ2v) is 4.99. The van der Waals surface area contributed by atoms with Gasteiger partial charge in [0.2, 0.25) is 0 Å². The summed E-state index contributed by atoms with van der Waals surface area (Å²) in [6.07, 6.45) is 0. The Morgan fingerprint density at radius 2 is 1.75 bits per heavy atom. The molecule has 2 aromatic carbocycles. The van der Waals surface area contributed by atoms with E-state index >= 15 is 0 Å². The van der Waals surface area contributed by atoms with Crippen molar-refractivity contribution in [2.45, 2.75) is 6.54 Å². The number of nitrogens with one attached hydrogen (secondary N) is 1. The zero-order chi connectivity index (χ0) is 16.9. The average molecular weight is 329 g/mol. The van der Waals surface area contributed by atoms with Crippen molar-refractivity contribution in [1.82, 2.24) is 5.32 Å². The van der Waals surface area contributed by atoms with Gasteiger partial charge in [-0.2, -0.15) is 0 Å². The lowest BCUT2D eigenvalue weighted by molar-refractivity contribution is 0.0918. The molecule has 0 fully saturated rings. The number of carbonyl (C=O) groups excluding carboxylic acids is 1. The molecular weight excluding hydrogens is 316 g/mol. The van der Waals surface area contributed by atoms with Crippen LogP contribution in [-0.4, -0.2) is 5.91 Å². The number of halogens is 2. The molecular formula is C18H13F2NO3. The summed E-state index contributed by atoms with van der Waals surface area (Å²) < 4.78 is 36.8. The Bertz CT molecular complexity index is 861. The molecule has 3 rings (SSSR count). The lowest BCUT2D eigenvalue weighted by Crippen LogP contribution is -2.22. The highest BCUT2D eigenvalue weighted by Gasteiger charge is 2.12. The normalized spacial score (nSPS) is 10.4. The van der Waals surface area contributed by atoms with Crippen LogP contribution in [0.15, 0.2) is 65.1 Å². The highest BCUT2D eigenvalue weighted by Crippen LogP contribution is 2.24. The van der Waals surface area contributed by atoms with Crippen LogP contribution in [0.5, 0.6) is 11.7 Å². The molecule has 122 valence electrons. The van der Waals surface area contributed by atoms with E-state index in [0.29, 0.717) is 5.56 Å². The number of hydrogen-bond donors (Lipinski definition) is 1. The van der Waals surface area contributed by atoms with E-state index < -0.39 is 11.7 Å². The van der Waals surface area contributed by atoms with Crippen LogP contribution in [0.25, 0.3) is 0 Å². The van der Waals surface area contributed by atoms with E-state index in [9.17, 15) is 13.6 Å². The van der Waals surface area contributed by atoms with Gasteiger partial charge in [0.1, 0.15) is 17.4 Å². The second kappa shape index (κ2) is 6.95. The van der Waals surface area contributed by atoms with E-state index in [1.807, 2.05) is 0 Å². The summed E-state index contributed by atoms with van der Waals surface area (Å²) in [7, 11) is 0. The molecule has 1 N–H and O–H groups in total. The lowest BCUT2D eigenvalue weighted by Gasteiger charge is -2.04. The Labute approximate surface area is 136 Å². The molecule has 4 nitrogen and oxygen atoms in total. The third-order valence-electron chi connectivity index (χ3n) is 3.16. The third-order valence-corrected chi connectivity index (χ3v) is 3.16. The fourth-order valence-electron chi connectivity index (χ4n) is 2.06. The summed E-state index contributed by atoms with van der Waals surface area (Å²) in [5.41, 5.74) is 0.631. The van der Waals surface area contributed by atoms with Gasteiger partial charge >= 0.3 is 0 Å². The number of furan rings is 1. The van der Waals surface area contributed by atoms with Crippen LogP contribution < -0.4 is 10.1 Å². The number of amides is 1. The van der Waals surface area contributed by atoms with Crippen molar-refractivity contribution in [2.24, 2.45) is 0 Å². The molecule has 0 aliphatic rings. The van der Waals surface area contributed by atoms with Gasteiger partial charge in [-0.05, 0) is 35.9 Å². The van der Waals surface area contributed by atoms with Crippen molar-refractivity contribution >= 4 is 5.91 Å². The summed E-state index contributed by atoms with van der Waals surface area (Å²) >= 11 is 0. The molecule has 0 radical (unpaired) electrons. The molecule has 3 aromatic rings. The van der Waals surface area contributed by atoms with E-state index in [1.54, 1.807) is 18.2 Å². The van der Waals surface area contributed by atoms with E-state index in [0.717, 1.165) is 0 Å². The third kappa shape index (κ3) is 3.98. The van der Waals surface area contributed by atoms with Gasteiger partial charge in [-0.1, -0.05) is 18.2 Å². The van der Waals surface area contributed by atoms with E-state index in [-0.39, 0.29) is 29.8 Å². The van der Waals surface area contributed by atoms with Crippen molar-refractivity contribution in [2.75, 3.05) is 0 Å². The summed E-state index contributed by atoms with van der Waals surface area (Å²) in [6.45, 7) is 0.164. The first-order chi connectivity index (χ1) is 11.6. The first-order valence-corrected chi connectivity index (χ1v) is 7.16. The SMILES string of the molecule is O=C(NCc1cccc(F)c1)c1ccc(Oc2cccc(F)c2)o1. The summed E-state index contributed by atoms with van der Waals surface area (Å²) in [6, 6.07) is 14.4. The van der Waals surface area contributed by atoms with Crippen LogP contribution in [0.3, 0.4) is 0 Å². The zero-order valence-corrected chi connectivity index (χ0v) is 12.5. The Balaban J connectivity index is 1.61. The highest BCUT2D eigenvalue weighted by molar-refractivity contribution is 5.91. The molecule has 0 saturated carbocycles. The standard InChI is InChI=1S/C18H13F2NO3/c19-13-4-1-3-12(9-13)11-21-18(22)16-7-8-17(24-16)23-15-6-2-5-14(20)10-15/h1-10H,11H2,(H,21,22). The largest absolute Gasteiger partial charge is 0.426 e. The van der Waals surface area contributed by atoms with Crippen molar-refractivity contribution in [1.29, 1.82) is 0 Å². The van der Waals surface area contributed by atoms with Gasteiger partial charge in [0.15, 0.2) is 5.76 Å². The van der Waals surface area contributed by atoms with Gasteiger partial charge in [0.05, 0.1) is 0 Å². The molecule has 0 spiro atoms. The summed E-state index contributed by atoms with van der Waals surface area (Å²) in [5, 5.41) is 2.61. The van der Waals surface area contributed by atoms with Gasteiger partial charge in [0, 0.05) is 18.7 Å². The molecule has 0 aliphatic carbocycles. The van der Waals surface area contributed by atoms with Gasteiger partial charge < -0.3 is 14.5 Å². The molecule has 0 saturated heterocycles. The fraction of sp³-hybridized carbons (Fsp3) is 0.0556. The molecule has 6 heteroatoms. The van der Waals surface area contributed by atoms with Crippen LogP contribution in [0, 0.1) is 11.6 Å². The van der Waals surface area contributed by atoms with Gasteiger partial charge in [-0.25, -0.2) is 8.78 Å². The Hall–Kier alpha value is -3.15. The molecule has 0 atom stereocenters. The van der Waals surface area contributed by atoms with Gasteiger partial charge in [-0.3, -0.25) is 4.79 Å². The maximum absolute atomic E-state index is 13.1. The first kappa shape index (κ1) is 15.7. The van der Waals surface area contributed by atoms with Gasteiger partial charge in [0.25, 0.3) is 11.9 Å². The van der Waals surface area contributed by atoms with Crippen molar-refractivity contribution in [3.63, 3.8) is 0 Å². The van der Waals surface area contributed by atoms with E-state index in [1.165, 1.54) is 42.5 Å². The average Bonchev–Trinajstić information content (AvgIpc) is 3.01. The van der Waals surface area contributed by atoms with Crippen molar-refractivity contribution in [3.05, 3.63) is 83.6 Å². The molecule has 1 aromatic heterocycles. The topological polar surface area (TPSA) is 51.5 Å². The van der Waals surface area contributed by atoms with Crippen LogP contribution in [0.4, 0.5) is 8.78 Å². The summed E-state index contributed by atoms with van der Waals surface area (Å²) in [4.78, 5) is 12.0.